The summed E-state index contributed by atoms with van der Waals surface area (Å²) >= 11 is 0. The van der Waals surface area contributed by atoms with E-state index < -0.39 is 30.2 Å². The molecule has 0 radical (unpaired) electrons. The summed E-state index contributed by atoms with van der Waals surface area (Å²) in [6.45, 7) is 3.30. The lowest BCUT2D eigenvalue weighted by molar-refractivity contribution is -0.143. The summed E-state index contributed by atoms with van der Waals surface area (Å²) in [5.41, 5.74) is 8.98. The number of Topliss-reactive ketones (excluding diaryl/α,β-unsaturated/α-hetero) is 1. The highest BCUT2D eigenvalue weighted by Crippen LogP contribution is 2.26. The molecule has 0 saturated heterocycles. The number of aromatic nitrogens is 4. The molecule has 0 spiro atoms. The highest BCUT2D eigenvalue weighted by atomic mass is 16.6. The van der Waals surface area contributed by atoms with Crippen molar-refractivity contribution >= 4 is 40.7 Å². The van der Waals surface area contributed by atoms with Crippen molar-refractivity contribution in [2.24, 2.45) is 0 Å². The largest absolute Gasteiger partial charge is 0.480 e. The number of imide groups is 1. The van der Waals surface area contributed by atoms with E-state index in [4.69, 9.17) is 29.4 Å². The predicted octanol–water partition coefficient (Wildman–Crippen LogP) is 2.57. The van der Waals surface area contributed by atoms with E-state index in [1.165, 1.54) is 18.5 Å². The Morgan fingerprint density at radius 1 is 0.800 bits per heavy atom. The van der Waals surface area contributed by atoms with E-state index in [-0.39, 0.29) is 35.9 Å². The van der Waals surface area contributed by atoms with Crippen molar-refractivity contribution in [2.75, 3.05) is 52.0 Å². The first-order chi connectivity index (χ1) is 24.3. The molecule has 16 heteroatoms. The summed E-state index contributed by atoms with van der Waals surface area (Å²) in [6.07, 6.45) is 1.47. The number of nitrogen functional groups attached to an aromatic ring is 1. The second kappa shape index (κ2) is 17.9. The Bertz CT molecular complexity index is 1740. The molecule has 16 nitrogen and oxygen atoms in total. The number of anilines is 1. The lowest BCUT2D eigenvalue weighted by Gasteiger charge is -2.21. The van der Waals surface area contributed by atoms with Crippen LogP contribution in [-0.4, -0.2) is 106 Å². The van der Waals surface area contributed by atoms with Gasteiger partial charge in [0, 0.05) is 19.4 Å². The Balaban J connectivity index is 0.844. The number of hydrogen-bond acceptors (Lipinski definition) is 13. The van der Waals surface area contributed by atoms with Gasteiger partial charge in [0.15, 0.2) is 5.65 Å². The fourth-order valence-electron chi connectivity index (χ4n) is 5.13. The molecular formula is C34H38N6O10. The summed E-state index contributed by atoms with van der Waals surface area (Å²) < 4.78 is 28.0. The summed E-state index contributed by atoms with van der Waals surface area (Å²) in [7, 11) is 0. The number of imidazole rings is 1. The molecule has 4 N–H and O–H groups in total. The molecule has 0 saturated carbocycles. The van der Waals surface area contributed by atoms with Crippen LogP contribution < -0.4 is 10.5 Å². The van der Waals surface area contributed by atoms with Crippen molar-refractivity contribution < 1.29 is 48.0 Å². The topological polar surface area (TPSA) is 218 Å². The van der Waals surface area contributed by atoms with Crippen molar-refractivity contribution in [1.29, 1.82) is 0 Å². The molecule has 0 fully saturated rings. The number of fused-ring (bicyclic) bond motifs is 2. The van der Waals surface area contributed by atoms with Crippen LogP contribution in [0.25, 0.3) is 11.2 Å². The van der Waals surface area contributed by atoms with E-state index in [2.05, 4.69) is 19.9 Å². The van der Waals surface area contributed by atoms with Crippen molar-refractivity contribution in [3.63, 3.8) is 0 Å². The zero-order chi connectivity index (χ0) is 35.3. The van der Waals surface area contributed by atoms with E-state index in [0.29, 0.717) is 81.2 Å². The third-order valence-electron chi connectivity index (χ3n) is 7.64. The monoisotopic (exact) mass is 690 g/mol. The maximum atomic E-state index is 12.6. The fraction of sp³-hybridized carbons (Fsp3) is 0.382. The molecule has 1 atom stereocenters. The van der Waals surface area contributed by atoms with Gasteiger partial charge in [-0.25, -0.2) is 9.78 Å². The number of hydrogen-bond donors (Lipinski definition) is 3. The minimum absolute atomic E-state index is 0.0566. The molecule has 2 aromatic heterocycles. The molecule has 1 aliphatic heterocycles. The average Bonchev–Trinajstić information content (AvgIpc) is 3.68. The van der Waals surface area contributed by atoms with Gasteiger partial charge >= 0.3 is 5.97 Å². The van der Waals surface area contributed by atoms with Crippen molar-refractivity contribution in [3.05, 3.63) is 77.1 Å². The molecule has 2 aromatic carbocycles. The van der Waals surface area contributed by atoms with Crippen LogP contribution >= 0.6 is 0 Å². The van der Waals surface area contributed by atoms with Gasteiger partial charge in [0.1, 0.15) is 23.9 Å². The lowest BCUT2D eigenvalue weighted by Crippen LogP contribution is -2.46. The molecule has 1 aliphatic rings. The number of carbonyl (C=O) groups is 4. The third kappa shape index (κ3) is 9.66. The lowest BCUT2D eigenvalue weighted by atomic mass is 10.1. The highest BCUT2D eigenvalue weighted by molar-refractivity contribution is 6.22. The quantitative estimate of drug-likeness (QED) is 0.0798. The van der Waals surface area contributed by atoms with Crippen molar-refractivity contribution in [3.8, 4) is 5.88 Å². The molecule has 0 aliphatic carbocycles. The van der Waals surface area contributed by atoms with E-state index in [9.17, 15) is 24.3 Å². The number of aliphatic carboxylic acids is 1. The van der Waals surface area contributed by atoms with E-state index >= 15 is 0 Å². The number of ether oxygens (including phenoxy) is 5. The van der Waals surface area contributed by atoms with Crippen LogP contribution in [0.3, 0.4) is 0 Å². The van der Waals surface area contributed by atoms with Crippen LogP contribution in [0.2, 0.25) is 0 Å². The average molecular weight is 691 g/mol. The van der Waals surface area contributed by atoms with Crippen LogP contribution in [0.1, 0.15) is 51.1 Å². The SMILES string of the molecule is Nc1nc(OCc2ccc(COCCOCCOCCOCCCC(=O)CC(C(=O)O)N3C(=O)c4ccccc4C3=O)cc2)c2[nH]cnc2n1. The normalized spacial score (nSPS) is 13.2. The number of nitrogens with one attached hydrogen (secondary N) is 1. The summed E-state index contributed by atoms with van der Waals surface area (Å²) in [4.78, 5) is 65.4. The number of nitrogens with two attached hydrogens (primary N) is 1. The van der Waals surface area contributed by atoms with Gasteiger partial charge in [0.05, 0.1) is 63.7 Å². The molecule has 1 unspecified atom stereocenters. The van der Waals surface area contributed by atoms with Crippen molar-refractivity contribution in [2.45, 2.75) is 38.5 Å². The molecule has 4 aromatic rings. The molecule has 5 rings (SSSR count). The summed E-state index contributed by atoms with van der Waals surface area (Å²) in [5, 5.41) is 9.63. The van der Waals surface area contributed by atoms with Crippen molar-refractivity contribution in [1.82, 2.24) is 24.8 Å². The van der Waals surface area contributed by atoms with Crippen LogP contribution in [0, 0.1) is 0 Å². The molecule has 3 heterocycles. The number of carbonyl (C=O) groups excluding carboxylic acids is 3. The van der Waals surface area contributed by atoms with E-state index in [0.717, 1.165) is 11.1 Å². The summed E-state index contributed by atoms with van der Waals surface area (Å²) in [6, 6.07) is 12.4. The first-order valence-electron chi connectivity index (χ1n) is 16.0. The Labute approximate surface area is 286 Å². The number of carboxylic acids is 1. The Morgan fingerprint density at radius 2 is 1.38 bits per heavy atom. The number of ketones is 1. The van der Waals surface area contributed by atoms with Crippen LogP contribution in [0.4, 0.5) is 5.95 Å². The number of carboxylic acid groups (broad SMARTS) is 1. The first-order valence-corrected chi connectivity index (χ1v) is 16.0. The number of amides is 2. The number of rotatable bonds is 22. The van der Waals surface area contributed by atoms with Gasteiger partial charge in [-0.3, -0.25) is 19.3 Å². The third-order valence-corrected chi connectivity index (χ3v) is 7.64. The molecule has 0 bridgehead atoms. The van der Waals surface area contributed by atoms with Gasteiger partial charge in [-0.1, -0.05) is 36.4 Å². The fourth-order valence-corrected chi connectivity index (χ4v) is 5.13. The second-order valence-corrected chi connectivity index (χ2v) is 11.2. The van der Waals surface area contributed by atoms with Gasteiger partial charge in [-0.05, 0) is 29.7 Å². The van der Waals surface area contributed by atoms with Crippen LogP contribution in [-0.2, 0) is 41.8 Å². The van der Waals surface area contributed by atoms with Gasteiger partial charge in [0.25, 0.3) is 11.8 Å². The minimum Gasteiger partial charge on any atom is -0.480 e. The number of aromatic amines is 1. The van der Waals surface area contributed by atoms with Gasteiger partial charge in [-0.15, -0.1) is 0 Å². The Kier molecular flexibility index (Phi) is 12.9. The number of benzene rings is 2. The predicted molar refractivity (Wildman–Crippen MR) is 176 cm³/mol. The smallest absolute Gasteiger partial charge is 0.327 e. The molecular weight excluding hydrogens is 652 g/mol. The Morgan fingerprint density at radius 3 is 2.00 bits per heavy atom. The van der Waals surface area contributed by atoms with Gasteiger partial charge < -0.3 is 39.5 Å². The highest BCUT2D eigenvalue weighted by Gasteiger charge is 2.43. The standard InChI is InChI=1S/C34H38N6O10/c35-34-38-29-28(36-21-37-29)30(39-34)50-20-23-9-7-22(8-10-23)19-49-17-16-48-15-14-47-13-12-46-11-3-4-24(41)18-27(33(44)45)40-31(42)25-5-1-2-6-26(25)32(40)43/h1-2,5-10,21,27H,3-4,11-20H2,(H,44,45)(H3,35,36,37,38,39). The molecule has 50 heavy (non-hydrogen) atoms. The van der Waals surface area contributed by atoms with E-state index in [1.54, 1.807) is 12.1 Å². The molecule has 2 amide bonds. The summed E-state index contributed by atoms with van der Waals surface area (Å²) in [5.74, 6) is -2.77. The maximum Gasteiger partial charge on any atom is 0.327 e. The zero-order valence-electron chi connectivity index (χ0n) is 27.2. The number of H-pyrrole nitrogens is 1. The number of nitrogens with zero attached hydrogens (tertiary/aromatic N) is 4. The van der Waals surface area contributed by atoms with Crippen LogP contribution in [0.15, 0.2) is 54.9 Å². The maximum absolute atomic E-state index is 12.6. The van der Waals surface area contributed by atoms with E-state index in [1.807, 2.05) is 24.3 Å². The van der Waals surface area contributed by atoms with Gasteiger partial charge in [0.2, 0.25) is 11.8 Å². The minimum atomic E-state index is -1.56. The zero-order valence-corrected chi connectivity index (χ0v) is 27.2. The van der Waals surface area contributed by atoms with Gasteiger partial charge in [-0.2, -0.15) is 9.97 Å². The molecule has 264 valence electrons. The second-order valence-electron chi connectivity index (χ2n) is 11.2. The van der Waals surface area contributed by atoms with Crippen LogP contribution in [0.5, 0.6) is 5.88 Å². The Hall–Kier alpha value is -5.29. The first kappa shape index (κ1) is 36.0.